The van der Waals surface area contributed by atoms with E-state index < -0.39 is 35.1 Å². The molecule has 5 fully saturated rings. The number of carbonyl (C=O) groups excluding carboxylic acids is 5. The summed E-state index contributed by atoms with van der Waals surface area (Å²) in [4.78, 5) is 70.6. The van der Waals surface area contributed by atoms with Crippen molar-refractivity contribution in [2.75, 3.05) is 6.54 Å². The number of ketones is 4. The maximum atomic E-state index is 14.7. The number of fused-ring (bicyclic) bond motifs is 1. The molecule has 0 unspecified atom stereocenters. The molecule has 4 aliphatic carbocycles. The number of rotatable bonds is 14. The first kappa shape index (κ1) is 37.2. The van der Waals surface area contributed by atoms with Crippen LogP contribution in [0.3, 0.4) is 0 Å². The lowest BCUT2D eigenvalue weighted by atomic mass is 9.73. The van der Waals surface area contributed by atoms with Gasteiger partial charge in [-0.3, -0.25) is 24.0 Å². The number of nitrogens with two attached hydrogens (primary N) is 1. The summed E-state index contributed by atoms with van der Waals surface area (Å²) in [5, 5.41) is 0. The molecule has 1 heterocycles. The summed E-state index contributed by atoms with van der Waals surface area (Å²) >= 11 is 0. The summed E-state index contributed by atoms with van der Waals surface area (Å²) in [6.07, 6.45) is 12.9. The van der Waals surface area contributed by atoms with E-state index in [-0.39, 0.29) is 70.7 Å². The van der Waals surface area contributed by atoms with Gasteiger partial charge in [0.15, 0.2) is 17.3 Å². The third-order valence-corrected chi connectivity index (χ3v) is 13.6. The Hall–Kier alpha value is -1.60. The van der Waals surface area contributed by atoms with Crippen LogP contribution in [-0.4, -0.2) is 52.6 Å². The van der Waals surface area contributed by atoms with Crippen molar-refractivity contribution >= 4 is 41.4 Å². The number of nitrogens with zero attached hydrogens (tertiary/aromatic N) is 1. The molecule has 2 N–H and O–H groups in total. The fraction of sp³-hybridized carbons (Fsp3) is 0.868. The van der Waals surface area contributed by atoms with E-state index in [4.69, 9.17) is 5.73 Å². The Labute approximate surface area is 283 Å². The van der Waals surface area contributed by atoms with Crippen LogP contribution in [0, 0.1) is 45.3 Å². The molecule has 1 amide bonds. The monoisotopic (exact) mass is 660 g/mol. The van der Waals surface area contributed by atoms with Gasteiger partial charge in [-0.25, -0.2) is 0 Å². The molecule has 0 aromatic carbocycles. The highest BCUT2D eigenvalue weighted by molar-refractivity contribution is 6.38. The highest BCUT2D eigenvalue weighted by Crippen LogP contribution is 2.88. The molecule has 5 rings (SSSR count). The zero-order valence-electron chi connectivity index (χ0n) is 29.5. The van der Waals surface area contributed by atoms with E-state index in [1.807, 2.05) is 32.6 Å². The van der Waals surface area contributed by atoms with Crippen LogP contribution in [0.15, 0.2) is 0 Å². The average molecular weight is 661 g/mol. The zero-order chi connectivity index (χ0) is 32.9. The summed E-state index contributed by atoms with van der Waals surface area (Å²) in [5.41, 5.74) is 6.07. The van der Waals surface area contributed by atoms with Gasteiger partial charge in [0.25, 0.3) is 0 Å². The Morgan fingerprint density at radius 1 is 0.891 bits per heavy atom. The Bertz CT molecular complexity index is 1190. The number of amides is 1. The summed E-state index contributed by atoms with van der Waals surface area (Å²) in [5.74, 6) is -1.72. The van der Waals surface area contributed by atoms with Gasteiger partial charge in [-0.1, -0.05) is 73.6 Å². The SMILES string of the molecule is CCC[C@H](CC(=O)[C@@H]1C[C@@]2(CN1C(=O)[C@@H](CC(=O)[C@@H](N)C1CCCCC1)C(C)(C)C)C(C)(C)C21CCC1)C(=O)C(=O)CC1CC1.Cl. The van der Waals surface area contributed by atoms with E-state index in [0.717, 1.165) is 51.4 Å². The molecular formula is C38H61ClN2O5. The molecule has 1 aliphatic heterocycles. The first-order valence-electron chi connectivity index (χ1n) is 18.3. The molecule has 5 atom stereocenters. The summed E-state index contributed by atoms with van der Waals surface area (Å²) in [6.45, 7) is 13.1. The largest absolute Gasteiger partial charge is 0.332 e. The van der Waals surface area contributed by atoms with Crippen LogP contribution < -0.4 is 5.73 Å². The molecule has 1 saturated heterocycles. The van der Waals surface area contributed by atoms with Crippen molar-refractivity contribution in [3.8, 4) is 0 Å². The fourth-order valence-electron chi connectivity index (χ4n) is 10.1. The Kier molecular flexibility index (Phi) is 11.1. The van der Waals surface area contributed by atoms with Gasteiger partial charge in [0.05, 0.1) is 12.1 Å². The Morgan fingerprint density at radius 2 is 1.52 bits per heavy atom. The summed E-state index contributed by atoms with van der Waals surface area (Å²) in [7, 11) is 0. The third-order valence-electron chi connectivity index (χ3n) is 13.6. The molecule has 260 valence electrons. The number of halogens is 1. The molecule has 0 radical (unpaired) electrons. The quantitative estimate of drug-likeness (QED) is 0.200. The van der Waals surface area contributed by atoms with Crippen molar-refractivity contribution < 1.29 is 24.0 Å². The highest BCUT2D eigenvalue weighted by atomic mass is 35.5. The molecule has 4 saturated carbocycles. The number of likely N-dealkylation sites (tertiary alicyclic amines) is 1. The van der Waals surface area contributed by atoms with Crippen molar-refractivity contribution in [1.29, 1.82) is 0 Å². The second-order valence-electron chi connectivity index (χ2n) is 17.4. The van der Waals surface area contributed by atoms with E-state index in [1.165, 1.54) is 12.8 Å². The van der Waals surface area contributed by atoms with Crippen LogP contribution in [-0.2, 0) is 24.0 Å². The highest BCUT2D eigenvalue weighted by Gasteiger charge is 2.85. The fourth-order valence-corrected chi connectivity index (χ4v) is 10.1. The maximum Gasteiger partial charge on any atom is 0.227 e. The van der Waals surface area contributed by atoms with Crippen molar-refractivity contribution in [2.24, 2.45) is 51.1 Å². The summed E-state index contributed by atoms with van der Waals surface area (Å²) < 4.78 is 0. The lowest BCUT2D eigenvalue weighted by molar-refractivity contribution is -0.147. The molecule has 5 aliphatic rings. The van der Waals surface area contributed by atoms with Gasteiger partial charge < -0.3 is 10.6 Å². The van der Waals surface area contributed by atoms with E-state index >= 15 is 0 Å². The molecule has 0 aromatic heterocycles. The average Bonchev–Trinajstić information content (AvgIpc) is 3.79. The normalized spacial score (nSPS) is 28.6. The first-order chi connectivity index (χ1) is 21.1. The number of carbonyl (C=O) groups is 5. The molecule has 0 bridgehead atoms. The lowest BCUT2D eigenvalue weighted by Crippen LogP contribution is -2.49. The van der Waals surface area contributed by atoms with Gasteiger partial charge in [0, 0.05) is 43.1 Å². The predicted molar refractivity (Wildman–Crippen MR) is 182 cm³/mol. The minimum absolute atomic E-state index is 0. The van der Waals surface area contributed by atoms with Crippen LogP contribution >= 0.6 is 12.4 Å². The van der Waals surface area contributed by atoms with Crippen LogP contribution in [0.5, 0.6) is 0 Å². The van der Waals surface area contributed by atoms with Gasteiger partial charge in [-0.05, 0) is 79.4 Å². The smallest absolute Gasteiger partial charge is 0.227 e. The molecule has 7 nitrogen and oxygen atoms in total. The topological polar surface area (TPSA) is 115 Å². The molecule has 2 spiro atoms. The molecule has 8 heteroatoms. The van der Waals surface area contributed by atoms with E-state index in [1.54, 1.807) is 0 Å². The van der Waals surface area contributed by atoms with Crippen LogP contribution in [0.1, 0.15) is 144 Å². The van der Waals surface area contributed by atoms with Crippen molar-refractivity contribution in [3.05, 3.63) is 0 Å². The first-order valence-corrected chi connectivity index (χ1v) is 18.3. The Morgan fingerprint density at radius 3 is 2.02 bits per heavy atom. The second-order valence-corrected chi connectivity index (χ2v) is 17.4. The van der Waals surface area contributed by atoms with Crippen molar-refractivity contribution in [1.82, 2.24) is 4.90 Å². The molecule has 0 aromatic rings. The van der Waals surface area contributed by atoms with Gasteiger partial charge in [0.1, 0.15) is 0 Å². The van der Waals surface area contributed by atoms with Crippen molar-refractivity contribution in [2.45, 2.75) is 156 Å². The van der Waals surface area contributed by atoms with Crippen molar-refractivity contribution in [3.63, 3.8) is 0 Å². The van der Waals surface area contributed by atoms with Crippen LogP contribution in [0.2, 0.25) is 0 Å². The van der Waals surface area contributed by atoms with Crippen LogP contribution in [0.4, 0.5) is 0 Å². The van der Waals surface area contributed by atoms with Gasteiger partial charge in [-0.2, -0.15) is 0 Å². The minimum atomic E-state index is -0.630. The predicted octanol–water partition coefficient (Wildman–Crippen LogP) is 7.05. The minimum Gasteiger partial charge on any atom is -0.332 e. The third kappa shape index (κ3) is 6.54. The lowest BCUT2D eigenvalue weighted by Gasteiger charge is -2.36. The zero-order valence-corrected chi connectivity index (χ0v) is 30.3. The van der Waals surface area contributed by atoms with Gasteiger partial charge >= 0.3 is 0 Å². The molecule has 46 heavy (non-hydrogen) atoms. The van der Waals surface area contributed by atoms with Gasteiger partial charge in [-0.15, -0.1) is 12.4 Å². The van der Waals surface area contributed by atoms with Gasteiger partial charge in [0.2, 0.25) is 11.7 Å². The number of Topliss-reactive ketones (excluding diaryl/α,β-unsaturated/α-hetero) is 4. The van der Waals surface area contributed by atoms with E-state index in [0.29, 0.717) is 38.1 Å². The standard InChI is InChI=1S/C38H60N2O5.ClH/c1-7-12-26(33(44)31(43)19-24-15-16-24)20-29(41)28-22-38(36(5,6)37(38)17-11-18-37)23-40(28)34(45)27(35(2,3)4)21-30(42)32(39)25-13-9-8-10-14-25;/h24-28,32H,7-23,39H2,1-6H3;1H/t26-,27-,28+,32+,38-;/m1./s1. The van der Waals surface area contributed by atoms with Crippen LogP contribution in [0.25, 0.3) is 0 Å². The maximum absolute atomic E-state index is 14.7. The second kappa shape index (κ2) is 13.7. The number of hydrogen-bond donors (Lipinski definition) is 1. The van der Waals surface area contributed by atoms with E-state index in [9.17, 15) is 24.0 Å². The Balaban J connectivity index is 0.00000480. The summed E-state index contributed by atoms with van der Waals surface area (Å²) in [6, 6.07) is -1.19. The van der Waals surface area contributed by atoms with E-state index in [2.05, 4.69) is 13.8 Å². The molecular weight excluding hydrogens is 600 g/mol. The number of hydrogen-bond acceptors (Lipinski definition) is 6.